The summed E-state index contributed by atoms with van der Waals surface area (Å²) in [6.07, 6.45) is -1.48. The molecule has 0 bridgehead atoms. The first-order valence-corrected chi connectivity index (χ1v) is 7.07. The summed E-state index contributed by atoms with van der Waals surface area (Å²) in [6.45, 7) is 7.18. The molecule has 0 spiro atoms. The van der Waals surface area contributed by atoms with E-state index in [1.165, 1.54) is 13.2 Å². The summed E-state index contributed by atoms with van der Waals surface area (Å²) in [5.41, 5.74) is -0.230. The smallest absolute Gasteiger partial charge is 0.481 e. The highest BCUT2D eigenvalue weighted by Crippen LogP contribution is 2.31. The van der Waals surface area contributed by atoms with Crippen LogP contribution in [0.4, 0.5) is 4.79 Å². The van der Waals surface area contributed by atoms with Gasteiger partial charge in [0.05, 0.1) is 7.11 Å². The number of rotatable bonds is 4. The Kier molecular flexibility index (Phi) is 4.26. The molecule has 1 atom stereocenters. The second kappa shape index (κ2) is 5.86. The molecule has 0 saturated heterocycles. The fourth-order valence-electron chi connectivity index (χ4n) is 2.17. The number of carbonyl (C=O) groups excluding carboxylic acids is 1. The van der Waals surface area contributed by atoms with Crippen molar-refractivity contribution in [1.82, 2.24) is 10.3 Å². The SMILES string of the molecule is COc1nc(C2=NC(C)(C(C)C)C(=O)N2)c(OC(=O)O)cc1C. The molecule has 8 nitrogen and oxygen atoms in total. The lowest BCUT2D eigenvalue weighted by Gasteiger charge is -2.21. The third-order valence-electron chi connectivity index (χ3n) is 3.91. The maximum atomic E-state index is 12.2. The Morgan fingerprint density at radius 2 is 2.09 bits per heavy atom. The largest absolute Gasteiger partial charge is 0.511 e. The quantitative estimate of drug-likeness (QED) is 0.817. The minimum atomic E-state index is -1.48. The van der Waals surface area contributed by atoms with Crippen molar-refractivity contribution in [3.63, 3.8) is 0 Å². The summed E-state index contributed by atoms with van der Waals surface area (Å²) in [6, 6.07) is 1.48. The number of nitrogens with zero attached hydrogens (tertiary/aromatic N) is 2. The summed E-state index contributed by atoms with van der Waals surface area (Å²) >= 11 is 0. The van der Waals surface area contributed by atoms with Gasteiger partial charge in [0.25, 0.3) is 5.91 Å². The van der Waals surface area contributed by atoms with Crippen molar-refractivity contribution in [2.75, 3.05) is 7.11 Å². The van der Waals surface area contributed by atoms with Gasteiger partial charge in [-0.15, -0.1) is 0 Å². The van der Waals surface area contributed by atoms with Crippen molar-refractivity contribution in [2.24, 2.45) is 10.9 Å². The molecule has 124 valence electrons. The molecule has 1 aliphatic heterocycles. The van der Waals surface area contributed by atoms with Crippen LogP contribution in [-0.2, 0) is 4.79 Å². The number of nitrogens with one attached hydrogen (secondary N) is 1. The van der Waals surface area contributed by atoms with Crippen LogP contribution in [0.1, 0.15) is 32.0 Å². The van der Waals surface area contributed by atoms with Gasteiger partial charge in [-0.25, -0.2) is 14.8 Å². The van der Waals surface area contributed by atoms with E-state index in [2.05, 4.69) is 15.3 Å². The Labute approximate surface area is 133 Å². The van der Waals surface area contributed by atoms with E-state index in [0.29, 0.717) is 11.4 Å². The fraction of sp³-hybridized carbons (Fsp3) is 0.467. The normalized spacial score (nSPS) is 20.3. The van der Waals surface area contributed by atoms with Crippen LogP contribution < -0.4 is 14.8 Å². The zero-order valence-electron chi connectivity index (χ0n) is 13.6. The maximum Gasteiger partial charge on any atom is 0.511 e. The van der Waals surface area contributed by atoms with Crippen molar-refractivity contribution in [1.29, 1.82) is 0 Å². The maximum absolute atomic E-state index is 12.2. The number of aryl methyl sites for hydroxylation is 1. The topological polar surface area (TPSA) is 110 Å². The lowest BCUT2D eigenvalue weighted by molar-refractivity contribution is -0.124. The molecule has 0 aromatic carbocycles. The molecule has 1 unspecified atom stereocenters. The van der Waals surface area contributed by atoms with E-state index in [4.69, 9.17) is 14.6 Å². The van der Waals surface area contributed by atoms with Gasteiger partial charge in [-0.2, -0.15) is 0 Å². The van der Waals surface area contributed by atoms with Gasteiger partial charge in [0.1, 0.15) is 5.54 Å². The second-order valence-electron chi connectivity index (χ2n) is 5.75. The minimum Gasteiger partial charge on any atom is -0.481 e. The molecule has 0 saturated carbocycles. The molecular weight excluding hydrogens is 302 g/mol. The van der Waals surface area contributed by atoms with E-state index < -0.39 is 11.7 Å². The molecular formula is C15H19N3O5. The van der Waals surface area contributed by atoms with E-state index in [-0.39, 0.29) is 29.1 Å². The molecule has 2 heterocycles. The number of carboxylic acid groups (broad SMARTS) is 1. The predicted molar refractivity (Wildman–Crippen MR) is 82.1 cm³/mol. The molecule has 1 amide bonds. The summed E-state index contributed by atoms with van der Waals surface area (Å²) < 4.78 is 9.92. The molecule has 1 aromatic rings. The molecule has 0 aliphatic carbocycles. The number of methoxy groups -OCH3 is 1. The molecule has 1 aromatic heterocycles. The van der Waals surface area contributed by atoms with Crippen LogP contribution >= 0.6 is 0 Å². The fourth-order valence-corrected chi connectivity index (χ4v) is 2.17. The molecule has 2 rings (SSSR count). The van der Waals surface area contributed by atoms with Crippen LogP contribution in [0.25, 0.3) is 0 Å². The number of carbonyl (C=O) groups is 2. The van der Waals surface area contributed by atoms with Crippen LogP contribution in [0.5, 0.6) is 11.6 Å². The third kappa shape index (κ3) is 2.96. The summed E-state index contributed by atoms with van der Waals surface area (Å²) in [4.78, 5) is 31.8. The number of hydrogen-bond acceptors (Lipinski definition) is 6. The Morgan fingerprint density at radius 3 is 2.57 bits per heavy atom. The van der Waals surface area contributed by atoms with Crippen molar-refractivity contribution >= 4 is 17.9 Å². The van der Waals surface area contributed by atoms with Crippen LogP contribution in [0, 0.1) is 12.8 Å². The van der Waals surface area contributed by atoms with Crippen molar-refractivity contribution < 1.29 is 24.2 Å². The van der Waals surface area contributed by atoms with E-state index in [0.717, 1.165) is 0 Å². The monoisotopic (exact) mass is 321 g/mol. The average molecular weight is 321 g/mol. The number of pyridine rings is 1. The van der Waals surface area contributed by atoms with Crippen molar-refractivity contribution in [2.45, 2.75) is 33.2 Å². The van der Waals surface area contributed by atoms with Gasteiger partial charge in [-0.3, -0.25) is 4.79 Å². The second-order valence-corrected chi connectivity index (χ2v) is 5.75. The minimum absolute atomic E-state index is 0.0112. The number of aromatic nitrogens is 1. The van der Waals surface area contributed by atoms with Crippen LogP contribution in [0.2, 0.25) is 0 Å². The van der Waals surface area contributed by atoms with Gasteiger partial charge >= 0.3 is 6.16 Å². The highest BCUT2D eigenvalue weighted by molar-refractivity contribution is 6.15. The van der Waals surface area contributed by atoms with Gasteiger partial charge in [0.15, 0.2) is 17.3 Å². The average Bonchev–Trinajstić information content (AvgIpc) is 2.75. The van der Waals surface area contributed by atoms with E-state index in [9.17, 15) is 9.59 Å². The number of aliphatic imine (C=N–C) groups is 1. The standard InChI is InChI=1S/C15H19N3O5/c1-7(2)15(4)13(19)17-11(18-15)10-9(23-14(20)21)6-8(3)12(16-10)22-5/h6-7H,1-5H3,(H,20,21)(H,17,18,19). The number of amidine groups is 1. The highest BCUT2D eigenvalue weighted by Gasteiger charge is 2.43. The van der Waals surface area contributed by atoms with Crippen molar-refractivity contribution in [3.8, 4) is 11.6 Å². The predicted octanol–water partition coefficient (Wildman–Crippen LogP) is 1.75. The Morgan fingerprint density at radius 1 is 1.43 bits per heavy atom. The van der Waals surface area contributed by atoms with Crippen LogP contribution in [0.15, 0.2) is 11.1 Å². The van der Waals surface area contributed by atoms with Gasteiger partial charge in [0.2, 0.25) is 5.88 Å². The molecule has 2 N–H and O–H groups in total. The zero-order chi connectivity index (χ0) is 17.4. The van der Waals surface area contributed by atoms with Crippen LogP contribution in [-0.4, -0.2) is 40.6 Å². The summed E-state index contributed by atoms with van der Waals surface area (Å²) in [7, 11) is 1.45. The van der Waals surface area contributed by atoms with Crippen molar-refractivity contribution in [3.05, 3.63) is 17.3 Å². The highest BCUT2D eigenvalue weighted by atomic mass is 16.7. The van der Waals surface area contributed by atoms with E-state index >= 15 is 0 Å². The Balaban J connectivity index is 2.58. The molecule has 23 heavy (non-hydrogen) atoms. The first-order chi connectivity index (χ1) is 10.7. The lowest BCUT2D eigenvalue weighted by atomic mass is 9.89. The first-order valence-electron chi connectivity index (χ1n) is 7.07. The van der Waals surface area contributed by atoms with Gasteiger partial charge in [-0.05, 0) is 25.8 Å². The molecule has 0 fully saturated rings. The summed E-state index contributed by atoms with van der Waals surface area (Å²) in [5.74, 6) is 0.137. The Bertz CT molecular complexity index is 699. The lowest BCUT2D eigenvalue weighted by Crippen LogP contribution is -2.41. The summed E-state index contributed by atoms with van der Waals surface area (Å²) in [5, 5.41) is 11.5. The number of amides is 1. The zero-order valence-corrected chi connectivity index (χ0v) is 13.6. The molecule has 8 heteroatoms. The molecule has 1 aliphatic rings. The van der Waals surface area contributed by atoms with E-state index in [1.54, 1.807) is 13.8 Å². The van der Waals surface area contributed by atoms with E-state index in [1.807, 2.05) is 13.8 Å². The van der Waals surface area contributed by atoms with Gasteiger partial charge in [-0.1, -0.05) is 13.8 Å². The van der Waals surface area contributed by atoms with Gasteiger partial charge in [0, 0.05) is 5.56 Å². The Hall–Kier alpha value is -2.64. The number of ether oxygens (including phenoxy) is 2. The first kappa shape index (κ1) is 16.7. The van der Waals surface area contributed by atoms with Gasteiger partial charge < -0.3 is 19.9 Å². The van der Waals surface area contributed by atoms with Crippen LogP contribution in [0.3, 0.4) is 0 Å². The number of hydrogen-bond donors (Lipinski definition) is 2. The molecule has 0 radical (unpaired) electrons. The third-order valence-corrected chi connectivity index (χ3v) is 3.91.